The second kappa shape index (κ2) is 9.36. The van der Waals surface area contributed by atoms with Crippen LogP contribution in [0.1, 0.15) is 21.5 Å². The second-order valence-electron chi connectivity index (χ2n) is 5.43. The predicted octanol–water partition coefficient (Wildman–Crippen LogP) is 1.62. The van der Waals surface area contributed by atoms with Crippen LogP contribution in [0.25, 0.3) is 0 Å². The van der Waals surface area contributed by atoms with E-state index in [1.54, 1.807) is 44.4 Å². The molecule has 132 valence electrons. The smallest absolute Gasteiger partial charge is 0.252 e. The summed E-state index contributed by atoms with van der Waals surface area (Å²) in [4.78, 5) is 19.9. The van der Waals surface area contributed by atoms with Crippen molar-refractivity contribution >= 4 is 11.9 Å². The van der Waals surface area contributed by atoms with Crippen LogP contribution in [0, 0.1) is 12.7 Å². The molecule has 0 atom stereocenters. The van der Waals surface area contributed by atoms with Crippen molar-refractivity contribution in [1.82, 2.24) is 20.9 Å². The van der Waals surface area contributed by atoms with Gasteiger partial charge in [-0.25, -0.2) is 4.39 Å². The number of nitrogens with one attached hydrogen (secondary N) is 3. The van der Waals surface area contributed by atoms with Crippen molar-refractivity contribution in [3.8, 4) is 0 Å². The Bertz CT molecular complexity index is 734. The summed E-state index contributed by atoms with van der Waals surface area (Å²) in [6.45, 7) is 3.23. The van der Waals surface area contributed by atoms with Gasteiger partial charge < -0.3 is 16.0 Å². The minimum atomic E-state index is -0.212. The third-order valence-electron chi connectivity index (χ3n) is 3.53. The van der Waals surface area contributed by atoms with Crippen molar-refractivity contribution in [3.05, 3.63) is 65.2 Å². The lowest BCUT2D eigenvalue weighted by Gasteiger charge is -2.13. The largest absolute Gasteiger partial charge is 0.355 e. The van der Waals surface area contributed by atoms with E-state index >= 15 is 0 Å². The van der Waals surface area contributed by atoms with Crippen molar-refractivity contribution in [2.45, 2.75) is 13.5 Å². The van der Waals surface area contributed by atoms with Gasteiger partial charge >= 0.3 is 0 Å². The summed E-state index contributed by atoms with van der Waals surface area (Å²) in [6.07, 6.45) is 3.14. The highest BCUT2D eigenvalue weighted by Crippen LogP contribution is 2.08. The van der Waals surface area contributed by atoms with Crippen LogP contribution >= 0.6 is 0 Å². The zero-order chi connectivity index (χ0) is 18.1. The Labute approximate surface area is 146 Å². The quantitative estimate of drug-likeness (QED) is 0.423. The number of halogens is 1. The molecule has 0 spiro atoms. The number of hydrogen-bond donors (Lipinski definition) is 3. The number of amides is 1. The van der Waals surface area contributed by atoms with Crippen molar-refractivity contribution < 1.29 is 9.18 Å². The number of carbonyl (C=O) groups is 1. The number of pyridine rings is 1. The monoisotopic (exact) mass is 343 g/mol. The standard InChI is InChI=1S/C18H22FN5O/c1-13-10-14(5-6-16(13)19)11-24-18(20-2)23-9-8-22-17(25)15-4-3-7-21-12-15/h3-7,10,12H,8-9,11H2,1-2H3,(H,22,25)(H2,20,23,24). The Morgan fingerprint density at radius 3 is 2.68 bits per heavy atom. The number of aryl methyl sites for hydroxylation is 1. The summed E-state index contributed by atoms with van der Waals surface area (Å²) < 4.78 is 13.3. The molecule has 2 aromatic rings. The summed E-state index contributed by atoms with van der Waals surface area (Å²) in [6, 6.07) is 8.41. The summed E-state index contributed by atoms with van der Waals surface area (Å²) >= 11 is 0. The molecule has 3 N–H and O–H groups in total. The third-order valence-corrected chi connectivity index (χ3v) is 3.53. The van der Waals surface area contributed by atoms with E-state index in [0.717, 1.165) is 5.56 Å². The lowest BCUT2D eigenvalue weighted by atomic mass is 10.1. The first kappa shape index (κ1) is 18.4. The van der Waals surface area contributed by atoms with E-state index in [-0.39, 0.29) is 11.7 Å². The van der Waals surface area contributed by atoms with Crippen molar-refractivity contribution in [1.29, 1.82) is 0 Å². The number of guanidine groups is 1. The fourth-order valence-corrected chi connectivity index (χ4v) is 2.18. The van der Waals surface area contributed by atoms with Crippen molar-refractivity contribution in [2.75, 3.05) is 20.1 Å². The average molecular weight is 343 g/mol. The molecule has 1 amide bonds. The molecule has 0 saturated heterocycles. The Balaban J connectivity index is 1.71. The van der Waals surface area contributed by atoms with Gasteiger partial charge in [0.25, 0.3) is 5.91 Å². The van der Waals surface area contributed by atoms with E-state index < -0.39 is 0 Å². The lowest BCUT2D eigenvalue weighted by Crippen LogP contribution is -2.41. The maximum Gasteiger partial charge on any atom is 0.252 e. The zero-order valence-corrected chi connectivity index (χ0v) is 14.3. The van der Waals surface area contributed by atoms with Crippen LogP contribution in [0.5, 0.6) is 0 Å². The second-order valence-corrected chi connectivity index (χ2v) is 5.43. The molecule has 0 fully saturated rings. The number of benzene rings is 1. The first-order chi connectivity index (χ1) is 12.1. The topological polar surface area (TPSA) is 78.4 Å². The molecular weight excluding hydrogens is 321 g/mol. The van der Waals surface area contributed by atoms with Crippen LogP contribution in [0.2, 0.25) is 0 Å². The van der Waals surface area contributed by atoms with E-state index in [1.807, 2.05) is 0 Å². The Hall–Kier alpha value is -2.96. The summed E-state index contributed by atoms with van der Waals surface area (Å²) in [5.41, 5.74) is 2.10. The van der Waals surface area contributed by atoms with Gasteiger partial charge in [-0.2, -0.15) is 0 Å². The third kappa shape index (κ3) is 5.87. The summed E-state index contributed by atoms with van der Waals surface area (Å²) in [7, 11) is 1.67. The minimum absolute atomic E-state index is 0.167. The lowest BCUT2D eigenvalue weighted by molar-refractivity contribution is 0.0954. The summed E-state index contributed by atoms with van der Waals surface area (Å²) in [5.74, 6) is 0.229. The van der Waals surface area contributed by atoms with Crippen LogP contribution in [0.4, 0.5) is 4.39 Å². The highest BCUT2D eigenvalue weighted by Gasteiger charge is 2.04. The van der Waals surface area contributed by atoms with E-state index in [4.69, 9.17) is 0 Å². The fraction of sp³-hybridized carbons (Fsp3) is 0.278. The molecule has 6 nitrogen and oxygen atoms in total. The van der Waals surface area contributed by atoms with Gasteiger partial charge in [-0.15, -0.1) is 0 Å². The average Bonchev–Trinajstić information content (AvgIpc) is 2.64. The molecule has 7 heteroatoms. The molecule has 0 unspecified atom stereocenters. The number of aliphatic imine (C=N–C) groups is 1. The number of carbonyl (C=O) groups excluding carboxylic acids is 1. The maximum atomic E-state index is 13.3. The Kier molecular flexibility index (Phi) is 6.88. The van der Waals surface area contributed by atoms with Gasteiger partial charge in [-0.05, 0) is 36.2 Å². The first-order valence-electron chi connectivity index (χ1n) is 7.98. The molecule has 0 radical (unpaired) electrons. The van der Waals surface area contributed by atoms with Crippen LogP contribution in [0.15, 0.2) is 47.7 Å². The van der Waals surface area contributed by atoms with Gasteiger partial charge in [-0.3, -0.25) is 14.8 Å². The molecule has 1 heterocycles. The molecular formula is C18H22FN5O. The van der Waals surface area contributed by atoms with Crippen LogP contribution in [0.3, 0.4) is 0 Å². The normalized spacial score (nSPS) is 11.1. The first-order valence-corrected chi connectivity index (χ1v) is 7.98. The van der Waals surface area contributed by atoms with Gasteiger partial charge in [0, 0.05) is 39.1 Å². The number of aromatic nitrogens is 1. The number of nitrogens with zero attached hydrogens (tertiary/aromatic N) is 2. The number of hydrogen-bond acceptors (Lipinski definition) is 3. The molecule has 0 aliphatic carbocycles. The number of rotatable bonds is 6. The van der Waals surface area contributed by atoms with Gasteiger partial charge in [0.05, 0.1) is 5.56 Å². The van der Waals surface area contributed by atoms with Crippen molar-refractivity contribution in [2.24, 2.45) is 4.99 Å². The van der Waals surface area contributed by atoms with E-state index in [0.29, 0.717) is 36.7 Å². The molecule has 1 aromatic carbocycles. The van der Waals surface area contributed by atoms with E-state index in [9.17, 15) is 9.18 Å². The fourth-order valence-electron chi connectivity index (χ4n) is 2.18. The molecule has 0 aliphatic heterocycles. The SMILES string of the molecule is CN=C(NCCNC(=O)c1cccnc1)NCc1ccc(F)c(C)c1. The minimum Gasteiger partial charge on any atom is -0.355 e. The molecule has 25 heavy (non-hydrogen) atoms. The van der Waals surface area contributed by atoms with Crippen LogP contribution in [-0.2, 0) is 6.54 Å². The van der Waals surface area contributed by atoms with Crippen molar-refractivity contribution in [3.63, 3.8) is 0 Å². The maximum absolute atomic E-state index is 13.3. The molecule has 2 rings (SSSR count). The molecule has 0 bridgehead atoms. The molecule has 0 saturated carbocycles. The van der Waals surface area contributed by atoms with Gasteiger partial charge in [-0.1, -0.05) is 12.1 Å². The van der Waals surface area contributed by atoms with Crippen LogP contribution < -0.4 is 16.0 Å². The predicted molar refractivity (Wildman–Crippen MR) is 95.9 cm³/mol. The molecule has 0 aliphatic rings. The van der Waals surface area contributed by atoms with E-state index in [1.165, 1.54) is 12.3 Å². The highest BCUT2D eigenvalue weighted by atomic mass is 19.1. The van der Waals surface area contributed by atoms with Gasteiger partial charge in [0.2, 0.25) is 0 Å². The van der Waals surface area contributed by atoms with Gasteiger partial charge in [0.15, 0.2) is 5.96 Å². The Morgan fingerprint density at radius 2 is 2.00 bits per heavy atom. The van der Waals surface area contributed by atoms with Gasteiger partial charge in [0.1, 0.15) is 5.82 Å². The summed E-state index contributed by atoms with van der Waals surface area (Å²) in [5, 5.41) is 9.05. The Morgan fingerprint density at radius 1 is 1.20 bits per heavy atom. The van der Waals surface area contributed by atoms with Crippen LogP contribution in [-0.4, -0.2) is 37.0 Å². The molecule has 1 aromatic heterocycles. The highest BCUT2D eigenvalue weighted by molar-refractivity contribution is 5.93. The van der Waals surface area contributed by atoms with E-state index in [2.05, 4.69) is 25.9 Å². The zero-order valence-electron chi connectivity index (χ0n) is 14.3.